The molecule has 3 rings (SSSR count). The number of hydrazone groups is 1. The van der Waals surface area contributed by atoms with Crippen molar-refractivity contribution in [1.29, 1.82) is 0 Å². The van der Waals surface area contributed by atoms with Crippen LogP contribution in [0.3, 0.4) is 0 Å². The summed E-state index contributed by atoms with van der Waals surface area (Å²) in [6.45, 7) is 0. The van der Waals surface area contributed by atoms with E-state index in [-0.39, 0.29) is 11.3 Å². The predicted octanol–water partition coefficient (Wildman–Crippen LogP) is 3.97. The zero-order valence-corrected chi connectivity index (χ0v) is 15.9. The van der Waals surface area contributed by atoms with E-state index in [1.807, 2.05) is 0 Å². The summed E-state index contributed by atoms with van der Waals surface area (Å²) in [6, 6.07) is 13.4. The summed E-state index contributed by atoms with van der Waals surface area (Å²) in [5, 5.41) is 3.88. The number of hydrogen-bond donors (Lipinski definition) is 1. The van der Waals surface area contributed by atoms with Crippen molar-refractivity contribution in [1.82, 2.24) is 10.4 Å². The van der Waals surface area contributed by atoms with Gasteiger partial charge in [0.1, 0.15) is 11.6 Å². The van der Waals surface area contributed by atoms with Crippen LogP contribution in [0.2, 0.25) is 0 Å². The van der Waals surface area contributed by atoms with Crippen molar-refractivity contribution in [2.75, 3.05) is 0 Å². The van der Waals surface area contributed by atoms with Gasteiger partial charge in [0.05, 0.1) is 17.3 Å². The molecule has 0 bridgehead atoms. The van der Waals surface area contributed by atoms with Gasteiger partial charge in [-0.2, -0.15) is 5.10 Å². The number of aromatic nitrogens is 1. The second-order valence-corrected chi connectivity index (χ2v) is 6.48. The van der Waals surface area contributed by atoms with Crippen LogP contribution in [0, 0.1) is 5.82 Å². The summed E-state index contributed by atoms with van der Waals surface area (Å²) in [5.74, 6) is -1.35. The fraction of sp³-hybridized carbons (Fsp3) is 0. The molecule has 2 aromatic carbocycles. The molecule has 1 heterocycles. The van der Waals surface area contributed by atoms with Crippen LogP contribution in [0.5, 0.6) is 5.75 Å². The van der Waals surface area contributed by atoms with Gasteiger partial charge in [-0.25, -0.2) is 14.6 Å². The van der Waals surface area contributed by atoms with Gasteiger partial charge in [-0.1, -0.05) is 18.2 Å². The lowest BCUT2D eigenvalue weighted by Crippen LogP contribution is -2.17. The molecule has 0 saturated heterocycles. The van der Waals surface area contributed by atoms with Gasteiger partial charge in [-0.05, 0) is 57.9 Å². The van der Waals surface area contributed by atoms with E-state index in [1.54, 1.807) is 36.5 Å². The Bertz CT molecular complexity index is 1060. The van der Waals surface area contributed by atoms with Crippen LogP contribution in [0.25, 0.3) is 0 Å². The third-order valence-electron chi connectivity index (χ3n) is 3.48. The number of nitrogens with zero attached hydrogens (tertiary/aromatic N) is 2. The van der Waals surface area contributed by atoms with Gasteiger partial charge in [0, 0.05) is 16.9 Å². The standard InChI is InChI=1S/C20H13BrFN3O3/c21-16-8-15(11-23-12-16)19(26)25-24-10-13-3-1-6-18(7-13)28-20(27)14-4-2-5-17(22)9-14/h1-12H,(H,25,26). The highest BCUT2D eigenvalue weighted by molar-refractivity contribution is 9.10. The number of benzene rings is 2. The number of carbonyl (C=O) groups excluding carboxylic acids is 2. The highest BCUT2D eigenvalue weighted by Gasteiger charge is 2.09. The Kier molecular flexibility index (Phi) is 6.23. The largest absolute Gasteiger partial charge is 0.423 e. The van der Waals surface area contributed by atoms with Crippen LogP contribution >= 0.6 is 15.9 Å². The summed E-state index contributed by atoms with van der Waals surface area (Å²) in [5.41, 5.74) is 3.44. The first-order valence-corrected chi connectivity index (χ1v) is 8.82. The maximum Gasteiger partial charge on any atom is 0.343 e. The molecule has 0 saturated carbocycles. The highest BCUT2D eigenvalue weighted by atomic mass is 79.9. The van der Waals surface area contributed by atoms with Crippen LogP contribution in [-0.2, 0) is 0 Å². The molecule has 1 aromatic heterocycles. The van der Waals surface area contributed by atoms with E-state index < -0.39 is 17.7 Å². The van der Waals surface area contributed by atoms with E-state index in [0.29, 0.717) is 15.6 Å². The van der Waals surface area contributed by atoms with Gasteiger partial charge in [-0.15, -0.1) is 0 Å². The Morgan fingerprint density at radius 2 is 1.89 bits per heavy atom. The van der Waals surface area contributed by atoms with Crippen LogP contribution in [0.4, 0.5) is 4.39 Å². The van der Waals surface area contributed by atoms with Gasteiger partial charge in [0.15, 0.2) is 0 Å². The molecule has 0 aliphatic heterocycles. The lowest BCUT2D eigenvalue weighted by Gasteiger charge is -2.05. The van der Waals surface area contributed by atoms with Crippen LogP contribution in [0.15, 0.2) is 76.6 Å². The Morgan fingerprint density at radius 3 is 2.68 bits per heavy atom. The maximum absolute atomic E-state index is 13.2. The van der Waals surface area contributed by atoms with Crippen molar-refractivity contribution in [3.63, 3.8) is 0 Å². The molecule has 0 spiro atoms. The molecule has 1 N–H and O–H groups in total. The SMILES string of the molecule is O=C(NN=Cc1cccc(OC(=O)c2cccc(F)c2)c1)c1cncc(Br)c1. The lowest BCUT2D eigenvalue weighted by atomic mass is 10.2. The Morgan fingerprint density at radius 1 is 1.07 bits per heavy atom. The van der Waals surface area contributed by atoms with E-state index in [4.69, 9.17) is 4.74 Å². The zero-order valence-electron chi connectivity index (χ0n) is 14.3. The Balaban J connectivity index is 1.63. The maximum atomic E-state index is 13.2. The first-order valence-electron chi connectivity index (χ1n) is 8.03. The lowest BCUT2D eigenvalue weighted by molar-refractivity contribution is 0.0734. The molecule has 1 amide bonds. The average molecular weight is 442 g/mol. The quantitative estimate of drug-likeness (QED) is 0.281. The third kappa shape index (κ3) is 5.31. The first kappa shape index (κ1) is 19.4. The summed E-state index contributed by atoms with van der Waals surface area (Å²) in [6.07, 6.45) is 4.39. The van der Waals surface area contributed by atoms with Crippen LogP contribution in [-0.4, -0.2) is 23.1 Å². The van der Waals surface area contributed by atoms with Crippen molar-refractivity contribution in [3.8, 4) is 5.75 Å². The van der Waals surface area contributed by atoms with E-state index in [9.17, 15) is 14.0 Å². The molecule has 0 fully saturated rings. The molecule has 0 aliphatic carbocycles. The molecule has 28 heavy (non-hydrogen) atoms. The summed E-state index contributed by atoms with van der Waals surface area (Å²) >= 11 is 3.24. The number of halogens is 2. The average Bonchev–Trinajstić information content (AvgIpc) is 2.68. The number of hydrogen-bond acceptors (Lipinski definition) is 5. The second-order valence-electron chi connectivity index (χ2n) is 5.56. The number of esters is 1. The molecule has 0 atom stereocenters. The highest BCUT2D eigenvalue weighted by Crippen LogP contribution is 2.15. The fourth-order valence-electron chi connectivity index (χ4n) is 2.21. The number of nitrogens with one attached hydrogen (secondary N) is 1. The zero-order chi connectivity index (χ0) is 19.9. The van der Waals surface area contributed by atoms with Gasteiger partial charge >= 0.3 is 5.97 Å². The Hall–Kier alpha value is -3.39. The molecule has 3 aromatic rings. The van der Waals surface area contributed by atoms with Crippen molar-refractivity contribution < 1.29 is 18.7 Å². The predicted molar refractivity (Wildman–Crippen MR) is 105 cm³/mol. The molecular weight excluding hydrogens is 429 g/mol. The third-order valence-corrected chi connectivity index (χ3v) is 3.91. The molecule has 0 unspecified atom stereocenters. The van der Waals surface area contributed by atoms with E-state index in [0.717, 1.165) is 6.07 Å². The number of amides is 1. The van der Waals surface area contributed by atoms with Crippen molar-refractivity contribution in [2.45, 2.75) is 0 Å². The first-order chi connectivity index (χ1) is 13.5. The molecule has 140 valence electrons. The summed E-state index contributed by atoms with van der Waals surface area (Å²) in [7, 11) is 0. The topological polar surface area (TPSA) is 80.6 Å². The monoisotopic (exact) mass is 441 g/mol. The van der Waals surface area contributed by atoms with Crippen molar-refractivity contribution >= 4 is 34.0 Å². The smallest absolute Gasteiger partial charge is 0.343 e. The van der Waals surface area contributed by atoms with E-state index in [2.05, 4.69) is 31.4 Å². The van der Waals surface area contributed by atoms with Crippen molar-refractivity contribution in [2.24, 2.45) is 5.10 Å². The molecular formula is C20H13BrFN3O3. The van der Waals surface area contributed by atoms with E-state index >= 15 is 0 Å². The molecule has 8 heteroatoms. The number of rotatable bonds is 5. The molecule has 0 radical (unpaired) electrons. The van der Waals surface area contributed by atoms with Crippen molar-refractivity contribution in [3.05, 3.63) is 94.0 Å². The summed E-state index contributed by atoms with van der Waals surface area (Å²) < 4.78 is 19.1. The minimum absolute atomic E-state index is 0.106. The minimum atomic E-state index is -0.677. The van der Waals surface area contributed by atoms with E-state index in [1.165, 1.54) is 30.6 Å². The van der Waals surface area contributed by atoms with Gasteiger partial charge in [0.25, 0.3) is 5.91 Å². The second kappa shape index (κ2) is 9.01. The number of pyridine rings is 1. The molecule has 6 nitrogen and oxygen atoms in total. The number of ether oxygens (including phenoxy) is 1. The van der Waals surface area contributed by atoms with Gasteiger partial charge in [-0.3, -0.25) is 9.78 Å². The number of carbonyl (C=O) groups is 2. The van der Waals surface area contributed by atoms with Gasteiger partial charge in [0.2, 0.25) is 0 Å². The minimum Gasteiger partial charge on any atom is -0.423 e. The Labute approximate surface area is 168 Å². The normalized spacial score (nSPS) is 10.6. The molecule has 0 aliphatic rings. The van der Waals surface area contributed by atoms with Crippen LogP contribution in [0.1, 0.15) is 26.3 Å². The fourth-order valence-corrected chi connectivity index (χ4v) is 2.57. The summed E-state index contributed by atoms with van der Waals surface area (Å²) in [4.78, 5) is 28.0. The van der Waals surface area contributed by atoms with Gasteiger partial charge < -0.3 is 4.74 Å². The van der Waals surface area contributed by atoms with Crippen LogP contribution < -0.4 is 10.2 Å².